The molecule has 0 aliphatic rings. The van der Waals surface area contributed by atoms with Gasteiger partial charge < -0.3 is 14.2 Å². The van der Waals surface area contributed by atoms with E-state index in [-0.39, 0.29) is 0 Å². The van der Waals surface area contributed by atoms with Gasteiger partial charge in [-0.05, 0) is 117 Å². The molecule has 0 atom stereocenters. The van der Waals surface area contributed by atoms with E-state index < -0.39 is 0 Å². The second-order valence-electron chi connectivity index (χ2n) is 14.5. The van der Waals surface area contributed by atoms with Gasteiger partial charge in [0.1, 0.15) is 11.2 Å². The highest BCUT2D eigenvalue weighted by Crippen LogP contribution is 2.47. The first-order valence-corrected chi connectivity index (χ1v) is 19.4. The molecule has 11 aromatic rings. The Labute approximate surface area is 330 Å². The summed E-state index contributed by atoms with van der Waals surface area (Å²) in [5.74, 6) is 0. The van der Waals surface area contributed by atoms with E-state index in [1.54, 1.807) is 0 Å². The molecule has 1 aromatic heterocycles. The molecule has 10 aromatic carbocycles. The summed E-state index contributed by atoms with van der Waals surface area (Å²) in [5.41, 5.74) is 10.5. The Balaban J connectivity index is 1.23. The van der Waals surface area contributed by atoms with E-state index in [9.17, 15) is 0 Å². The second kappa shape index (κ2) is 13.6. The van der Waals surface area contributed by atoms with Crippen LogP contribution in [0.3, 0.4) is 0 Å². The third-order valence-corrected chi connectivity index (χ3v) is 11.2. The Morgan fingerprint density at radius 1 is 0.281 bits per heavy atom. The molecule has 0 saturated carbocycles. The summed E-state index contributed by atoms with van der Waals surface area (Å²) < 4.78 is 6.31. The Hall–Kier alpha value is -7.62. The van der Waals surface area contributed by atoms with Crippen LogP contribution in [0.1, 0.15) is 0 Å². The maximum absolute atomic E-state index is 6.31. The van der Waals surface area contributed by atoms with Gasteiger partial charge in [-0.15, -0.1) is 0 Å². The van der Waals surface area contributed by atoms with E-state index in [1.165, 1.54) is 37.9 Å². The predicted molar refractivity (Wildman–Crippen MR) is 241 cm³/mol. The Morgan fingerprint density at radius 2 is 0.842 bits per heavy atom. The molecule has 0 aliphatic carbocycles. The van der Waals surface area contributed by atoms with Gasteiger partial charge in [0, 0.05) is 44.6 Å². The Kier molecular flexibility index (Phi) is 7.82. The summed E-state index contributed by atoms with van der Waals surface area (Å²) in [6, 6.07) is 78.5. The largest absolute Gasteiger partial charge is 0.456 e. The van der Waals surface area contributed by atoms with E-state index >= 15 is 0 Å². The number of para-hydroxylation sites is 3. The molecule has 268 valence electrons. The first-order chi connectivity index (χ1) is 28.3. The van der Waals surface area contributed by atoms with Crippen molar-refractivity contribution in [2.45, 2.75) is 0 Å². The summed E-state index contributed by atoms with van der Waals surface area (Å²) in [4.78, 5) is 4.79. The fourth-order valence-corrected chi connectivity index (χ4v) is 8.59. The number of hydrogen-bond donors (Lipinski definition) is 0. The smallest absolute Gasteiger partial charge is 0.135 e. The molecule has 0 spiro atoms. The van der Waals surface area contributed by atoms with Gasteiger partial charge in [-0.2, -0.15) is 0 Å². The van der Waals surface area contributed by atoms with Crippen LogP contribution in [0, 0.1) is 0 Å². The number of benzene rings is 10. The van der Waals surface area contributed by atoms with Crippen LogP contribution in [0.2, 0.25) is 0 Å². The van der Waals surface area contributed by atoms with Crippen molar-refractivity contribution in [2.75, 3.05) is 9.80 Å². The molecular weight excluding hydrogens is 693 g/mol. The highest BCUT2D eigenvalue weighted by Gasteiger charge is 2.22. The highest BCUT2D eigenvalue weighted by atomic mass is 16.3. The molecule has 3 heteroatoms. The summed E-state index contributed by atoms with van der Waals surface area (Å²) in [6.07, 6.45) is 0. The standard InChI is InChI=1S/C54H36N2O/c1-3-19-40(20-4-1)55(42-30-31-54-51(36-42)49-27-13-14-29-53(49)57-54)43-32-39(50-34-38-17-8-9-23-45(38)47-25-11-12-26-48(47)50)33-44(35-43)56(41-21-5-2-6-22-41)52-28-15-18-37-16-7-10-24-46(37)52/h1-36H. The minimum atomic E-state index is 0.872. The average Bonchev–Trinajstić information content (AvgIpc) is 3.65. The highest BCUT2D eigenvalue weighted by molar-refractivity contribution is 6.14. The third kappa shape index (κ3) is 5.68. The number of furan rings is 1. The van der Waals surface area contributed by atoms with Crippen molar-refractivity contribution in [1.29, 1.82) is 0 Å². The van der Waals surface area contributed by atoms with Crippen LogP contribution in [-0.2, 0) is 0 Å². The monoisotopic (exact) mass is 728 g/mol. The van der Waals surface area contributed by atoms with E-state index in [2.05, 4.69) is 216 Å². The van der Waals surface area contributed by atoms with Crippen LogP contribution in [0.25, 0.3) is 65.4 Å². The van der Waals surface area contributed by atoms with Gasteiger partial charge in [0.2, 0.25) is 0 Å². The minimum Gasteiger partial charge on any atom is -0.456 e. The lowest BCUT2D eigenvalue weighted by molar-refractivity contribution is 0.669. The number of nitrogens with zero attached hydrogens (tertiary/aromatic N) is 2. The topological polar surface area (TPSA) is 19.6 Å². The molecule has 0 aliphatic heterocycles. The maximum Gasteiger partial charge on any atom is 0.135 e. The molecule has 0 bridgehead atoms. The van der Waals surface area contributed by atoms with E-state index in [0.29, 0.717) is 0 Å². The van der Waals surface area contributed by atoms with Crippen molar-refractivity contribution in [3.8, 4) is 11.1 Å². The number of anilines is 6. The van der Waals surface area contributed by atoms with E-state index in [1.807, 2.05) is 12.1 Å². The van der Waals surface area contributed by atoms with Gasteiger partial charge in [0.15, 0.2) is 0 Å². The maximum atomic E-state index is 6.31. The molecule has 0 fully saturated rings. The fourth-order valence-electron chi connectivity index (χ4n) is 8.59. The second-order valence-corrected chi connectivity index (χ2v) is 14.5. The van der Waals surface area contributed by atoms with Gasteiger partial charge in [-0.3, -0.25) is 0 Å². The molecule has 57 heavy (non-hydrogen) atoms. The summed E-state index contributed by atoms with van der Waals surface area (Å²) >= 11 is 0. The first kappa shape index (κ1) is 32.8. The van der Waals surface area contributed by atoms with E-state index in [4.69, 9.17) is 4.42 Å². The van der Waals surface area contributed by atoms with Crippen molar-refractivity contribution in [2.24, 2.45) is 0 Å². The van der Waals surface area contributed by atoms with E-state index in [0.717, 1.165) is 61.6 Å². The predicted octanol–water partition coefficient (Wildman–Crippen LogP) is 15.7. The quantitative estimate of drug-likeness (QED) is 0.152. The molecular formula is C54H36N2O. The zero-order chi connectivity index (χ0) is 37.7. The normalized spacial score (nSPS) is 11.5. The average molecular weight is 729 g/mol. The first-order valence-electron chi connectivity index (χ1n) is 19.4. The SMILES string of the molecule is c1ccc(N(c2cc(-c3cc4ccccc4c4ccccc34)cc(N(c3ccccc3)c3cccc4ccccc34)c2)c2ccc3oc4ccccc4c3c2)cc1. The molecule has 1 heterocycles. The Bertz CT molecular complexity index is 3250. The lowest BCUT2D eigenvalue weighted by Gasteiger charge is -2.31. The molecule has 0 saturated heterocycles. The van der Waals surface area contributed by atoms with Crippen LogP contribution < -0.4 is 9.80 Å². The van der Waals surface area contributed by atoms with Crippen molar-refractivity contribution in [1.82, 2.24) is 0 Å². The Morgan fingerprint density at radius 3 is 1.61 bits per heavy atom. The van der Waals surface area contributed by atoms with Gasteiger partial charge in [0.25, 0.3) is 0 Å². The van der Waals surface area contributed by atoms with Crippen molar-refractivity contribution < 1.29 is 4.42 Å². The van der Waals surface area contributed by atoms with Gasteiger partial charge in [-0.25, -0.2) is 0 Å². The fraction of sp³-hybridized carbons (Fsp3) is 0. The molecule has 3 nitrogen and oxygen atoms in total. The summed E-state index contributed by atoms with van der Waals surface area (Å²) in [7, 11) is 0. The zero-order valence-corrected chi connectivity index (χ0v) is 31.1. The molecule has 11 rings (SSSR count). The van der Waals surface area contributed by atoms with Crippen LogP contribution in [0.15, 0.2) is 223 Å². The van der Waals surface area contributed by atoms with Crippen molar-refractivity contribution in [3.63, 3.8) is 0 Å². The zero-order valence-electron chi connectivity index (χ0n) is 31.1. The van der Waals surface area contributed by atoms with Gasteiger partial charge in [-0.1, -0.05) is 140 Å². The molecule has 0 radical (unpaired) electrons. The minimum absolute atomic E-state index is 0.872. The van der Waals surface area contributed by atoms with Crippen molar-refractivity contribution in [3.05, 3.63) is 218 Å². The molecule has 0 unspecified atom stereocenters. The third-order valence-electron chi connectivity index (χ3n) is 11.2. The van der Waals surface area contributed by atoms with Crippen LogP contribution in [0.5, 0.6) is 0 Å². The van der Waals surface area contributed by atoms with Crippen LogP contribution in [0.4, 0.5) is 34.1 Å². The number of rotatable bonds is 7. The lowest BCUT2D eigenvalue weighted by Crippen LogP contribution is -2.14. The van der Waals surface area contributed by atoms with Crippen LogP contribution >= 0.6 is 0 Å². The lowest BCUT2D eigenvalue weighted by atomic mass is 9.92. The molecule has 0 amide bonds. The molecule has 0 N–H and O–H groups in total. The summed E-state index contributed by atoms with van der Waals surface area (Å²) in [6.45, 7) is 0. The summed E-state index contributed by atoms with van der Waals surface area (Å²) in [5, 5.41) is 9.49. The number of hydrogen-bond acceptors (Lipinski definition) is 3. The number of fused-ring (bicyclic) bond motifs is 7. The van der Waals surface area contributed by atoms with Crippen LogP contribution in [-0.4, -0.2) is 0 Å². The van der Waals surface area contributed by atoms with Crippen molar-refractivity contribution >= 4 is 88.4 Å². The van der Waals surface area contributed by atoms with Gasteiger partial charge >= 0.3 is 0 Å². The van der Waals surface area contributed by atoms with Gasteiger partial charge in [0.05, 0.1) is 5.69 Å².